The molecule has 1 aliphatic rings. The average molecular weight is 263 g/mol. The summed E-state index contributed by atoms with van der Waals surface area (Å²) >= 11 is 0. The molecule has 0 spiro atoms. The second kappa shape index (κ2) is 5.65. The van der Waals surface area contributed by atoms with E-state index in [4.69, 9.17) is 5.11 Å². The molecular weight excluding hydrogens is 249 g/mol. The summed E-state index contributed by atoms with van der Waals surface area (Å²) in [4.78, 5) is 22.6. The predicted molar refractivity (Wildman–Crippen MR) is 68.5 cm³/mol. The zero-order chi connectivity index (χ0) is 13.8. The van der Waals surface area contributed by atoms with Gasteiger partial charge in [-0.3, -0.25) is 4.79 Å². The van der Waals surface area contributed by atoms with Crippen molar-refractivity contribution < 1.29 is 19.1 Å². The minimum Gasteiger partial charge on any atom is -0.478 e. The Kier molecular flexibility index (Phi) is 3.94. The number of benzene rings is 1. The van der Waals surface area contributed by atoms with Crippen LogP contribution in [0.1, 0.15) is 29.6 Å². The van der Waals surface area contributed by atoms with Crippen molar-refractivity contribution in [2.75, 3.05) is 5.32 Å². The minimum absolute atomic E-state index is 0.104. The average Bonchev–Trinajstić information content (AvgIpc) is 2.39. The highest BCUT2D eigenvalue weighted by atomic mass is 19.1. The Hall–Kier alpha value is -2.17. The molecule has 0 aromatic heterocycles. The Morgan fingerprint density at radius 1 is 1.32 bits per heavy atom. The summed E-state index contributed by atoms with van der Waals surface area (Å²) in [6.07, 6.45) is 6.32. The summed E-state index contributed by atoms with van der Waals surface area (Å²) in [6, 6.07) is 3.57. The molecule has 0 aliphatic heterocycles. The van der Waals surface area contributed by atoms with E-state index in [1.807, 2.05) is 12.2 Å². The van der Waals surface area contributed by atoms with Crippen LogP contribution < -0.4 is 5.32 Å². The number of nitrogens with one attached hydrogen (secondary N) is 1. The quantitative estimate of drug-likeness (QED) is 0.824. The van der Waals surface area contributed by atoms with Crippen LogP contribution in [0.2, 0.25) is 0 Å². The van der Waals surface area contributed by atoms with Crippen molar-refractivity contribution in [3.8, 4) is 0 Å². The molecule has 1 amide bonds. The largest absolute Gasteiger partial charge is 0.478 e. The normalized spacial score (nSPS) is 18.1. The van der Waals surface area contributed by atoms with Gasteiger partial charge in [-0.1, -0.05) is 12.2 Å². The minimum atomic E-state index is -1.33. The third-order valence-electron chi connectivity index (χ3n) is 3.11. The Labute approximate surface area is 109 Å². The molecule has 0 fully saturated rings. The van der Waals surface area contributed by atoms with E-state index >= 15 is 0 Å². The molecule has 1 unspecified atom stereocenters. The van der Waals surface area contributed by atoms with Gasteiger partial charge in [0.15, 0.2) is 0 Å². The van der Waals surface area contributed by atoms with Gasteiger partial charge in [0.25, 0.3) is 0 Å². The van der Waals surface area contributed by atoms with Crippen LogP contribution in [0.3, 0.4) is 0 Å². The summed E-state index contributed by atoms with van der Waals surface area (Å²) in [5, 5.41) is 11.3. The van der Waals surface area contributed by atoms with Gasteiger partial charge < -0.3 is 10.4 Å². The number of amides is 1. The maximum Gasteiger partial charge on any atom is 0.338 e. The topological polar surface area (TPSA) is 66.4 Å². The van der Waals surface area contributed by atoms with E-state index in [2.05, 4.69) is 5.32 Å². The maximum atomic E-state index is 13.5. The molecule has 0 saturated carbocycles. The lowest BCUT2D eigenvalue weighted by atomic mass is 9.93. The van der Waals surface area contributed by atoms with Crippen LogP contribution in [-0.4, -0.2) is 17.0 Å². The number of carboxylic acids is 1. The van der Waals surface area contributed by atoms with E-state index < -0.39 is 17.3 Å². The Morgan fingerprint density at radius 2 is 2.11 bits per heavy atom. The van der Waals surface area contributed by atoms with Gasteiger partial charge in [0.05, 0.1) is 5.56 Å². The maximum absolute atomic E-state index is 13.5. The highest BCUT2D eigenvalue weighted by molar-refractivity contribution is 5.94. The van der Waals surface area contributed by atoms with Crippen LogP contribution >= 0.6 is 0 Å². The SMILES string of the molecule is O=C(O)c1ccc(NC(=O)C2CC=CCC2)cc1F. The summed E-state index contributed by atoms with van der Waals surface area (Å²) in [5.74, 6) is -2.44. The molecule has 2 N–H and O–H groups in total. The van der Waals surface area contributed by atoms with Gasteiger partial charge in [-0.2, -0.15) is 0 Å². The number of carbonyl (C=O) groups is 2. The third-order valence-corrected chi connectivity index (χ3v) is 3.11. The highest BCUT2D eigenvalue weighted by Crippen LogP contribution is 2.21. The second-order valence-corrected chi connectivity index (χ2v) is 4.47. The number of halogens is 1. The molecule has 2 rings (SSSR count). The van der Waals surface area contributed by atoms with Gasteiger partial charge in [0, 0.05) is 11.6 Å². The zero-order valence-corrected chi connectivity index (χ0v) is 10.2. The molecule has 4 nitrogen and oxygen atoms in total. The van der Waals surface area contributed by atoms with Crippen molar-refractivity contribution in [1.29, 1.82) is 0 Å². The number of carboxylic acid groups (broad SMARTS) is 1. The van der Waals surface area contributed by atoms with Gasteiger partial charge in [0.1, 0.15) is 5.82 Å². The van der Waals surface area contributed by atoms with Gasteiger partial charge in [-0.15, -0.1) is 0 Å². The number of allylic oxidation sites excluding steroid dienone is 2. The molecule has 5 heteroatoms. The van der Waals surface area contributed by atoms with Crippen LogP contribution in [0.15, 0.2) is 30.4 Å². The Bertz CT molecular complexity index is 539. The van der Waals surface area contributed by atoms with E-state index in [9.17, 15) is 14.0 Å². The lowest BCUT2D eigenvalue weighted by molar-refractivity contribution is -0.120. The molecule has 1 atom stereocenters. The Morgan fingerprint density at radius 3 is 2.68 bits per heavy atom. The van der Waals surface area contributed by atoms with E-state index in [1.54, 1.807) is 0 Å². The van der Waals surface area contributed by atoms with Crippen LogP contribution in [0, 0.1) is 11.7 Å². The van der Waals surface area contributed by atoms with E-state index in [1.165, 1.54) is 6.07 Å². The number of hydrogen-bond acceptors (Lipinski definition) is 2. The molecule has 0 saturated heterocycles. The van der Waals surface area contributed by atoms with Crippen molar-refractivity contribution in [3.05, 3.63) is 41.7 Å². The highest BCUT2D eigenvalue weighted by Gasteiger charge is 2.19. The molecule has 0 radical (unpaired) electrons. The smallest absolute Gasteiger partial charge is 0.338 e. The second-order valence-electron chi connectivity index (χ2n) is 4.47. The van der Waals surface area contributed by atoms with Crippen LogP contribution in [-0.2, 0) is 4.79 Å². The van der Waals surface area contributed by atoms with Crippen LogP contribution in [0.5, 0.6) is 0 Å². The molecule has 1 aliphatic carbocycles. The molecule has 100 valence electrons. The molecule has 0 bridgehead atoms. The van der Waals surface area contributed by atoms with Crippen LogP contribution in [0.4, 0.5) is 10.1 Å². The molecule has 1 aromatic rings. The number of carbonyl (C=O) groups excluding carboxylic acids is 1. The molecule has 0 heterocycles. The van der Waals surface area contributed by atoms with Crippen LogP contribution in [0.25, 0.3) is 0 Å². The van der Waals surface area contributed by atoms with Crippen molar-refractivity contribution in [2.45, 2.75) is 19.3 Å². The molecule has 19 heavy (non-hydrogen) atoms. The van der Waals surface area contributed by atoms with Gasteiger partial charge in [-0.25, -0.2) is 9.18 Å². The van der Waals surface area contributed by atoms with E-state index in [0.29, 0.717) is 6.42 Å². The number of rotatable bonds is 3. The Balaban J connectivity index is 2.07. The number of anilines is 1. The third kappa shape index (κ3) is 3.19. The standard InChI is InChI=1S/C14H14FNO3/c15-12-8-10(6-7-11(12)14(18)19)16-13(17)9-4-2-1-3-5-9/h1-2,6-9H,3-5H2,(H,16,17)(H,18,19). The lowest BCUT2D eigenvalue weighted by Gasteiger charge is -2.17. The van der Waals surface area contributed by atoms with E-state index in [-0.39, 0.29) is 17.5 Å². The monoisotopic (exact) mass is 263 g/mol. The summed E-state index contributed by atoms with van der Waals surface area (Å²) in [6.45, 7) is 0. The fourth-order valence-corrected chi connectivity index (χ4v) is 2.04. The predicted octanol–water partition coefficient (Wildman–Crippen LogP) is 2.82. The number of aromatic carboxylic acids is 1. The van der Waals surface area contributed by atoms with Gasteiger partial charge >= 0.3 is 5.97 Å². The zero-order valence-electron chi connectivity index (χ0n) is 10.2. The van der Waals surface area contributed by atoms with Crippen molar-refractivity contribution in [1.82, 2.24) is 0 Å². The summed E-state index contributed by atoms with van der Waals surface area (Å²) < 4.78 is 13.5. The number of hydrogen-bond donors (Lipinski definition) is 2. The molecular formula is C14H14FNO3. The first-order valence-electron chi connectivity index (χ1n) is 6.06. The first-order valence-corrected chi connectivity index (χ1v) is 6.06. The van der Waals surface area contributed by atoms with Gasteiger partial charge in [-0.05, 0) is 37.5 Å². The first-order chi connectivity index (χ1) is 9.08. The van der Waals surface area contributed by atoms with Crippen molar-refractivity contribution in [3.63, 3.8) is 0 Å². The van der Waals surface area contributed by atoms with E-state index in [0.717, 1.165) is 25.0 Å². The molecule has 1 aromatic carbocycles. The fourth-order valence-electron chi connectivity index (χ4n) is 2.04. The van der Waals surface area contributed by atoms with Gasteiger partial charge in [0.2, 0.25) is 5.91 Å². The summed E-state index contributed by atoms with van der Waals surface area (Å²) in [7, 11) is 0. The fraction of sp³-hybridized carbons (Fsp3) is 0.286. The van der Waals surface area contributed by atoms with Crippen molar-refractivity contribution >= 4 is 17.6 Å². The summed E-state index contributed by atoms with van der Waals surface area (Å²) in [5.41, 5.74) is -0.124. The first kappa shape index (κ1) is 13.3. The lowest BCUT2D eigenvalue weighted by Crippen LogP contribution is -2.23. The van der Waals surface area contributed by atoms with Crippen molar-refractivity contribution in [2.24, 2.45) is 5.92 Å².